The van der Waals surface area contributed by atoms with Crippen molar-refractivity contribution in [2.45, 2.75) is 58.9 Å². The van der Waals surface area contributed by atoms with E-state index in [0.29, 0.717) is 6.54 Å². The molecule has 0 unspecified atom stereocenters. The minimum atomic E-state index is -3.21. The molecule has 0 heterocycles. The molecule has 0 fully saturated rings. The largest absolute Gasteiger partial charge is 0.212 e. The Kier molecular flexibility index (Phi) is 5.27. The number of hydrogen-bond acceptors (Lipinski definition) is 2. The minimum absolute atomic E-state index is 0.0637. The fraction of sp³-hybridized carbons (Fsp3) is 0.647. The summed E-state index contributed by atoms with van der Waals surface area (Å²) in [6, 6.07) is 8.30. The third-order valence-corrected chi connectivity index (χ3v) is 5.09. The molecule has 1 rings (SSSR count). The van der Waals surface area contributed by atoms with Gasteiger partial charge >= 0.3 is 0 Å². The first-order valence-corrected chi connectivity index (χ1v) is 9.24. The normalized spacial score (nSPS) is 13.7. The monoisotopic (exact) mass is 311 g/mol. The van der Waals surface area contributed by atoms with Crippen LogP contribution >= 0.6 is 0 Å². The second kappa shape index (κ2) is 6.09. The molecule has 0 saturated carbocycles. The maximum atomic E-state index is 12.0. The molecule has 0 aromatic heterocycles. The van der Waals surface area contributed by atoms with Crippen LogP contribution in [-0.2, 0) is 21.9 Å². The topological polar surface area (TPSA) is 37.4 Å². The Morgan fingerprint density at radius 2 is 1.52 bits per heavy atom. The fourth-order valence-corrected chi connectivity index (χ4v) is 4.11. The van der Waals surface area contributed by atoms with Gasteiger partial charge in [-0.3, -0.25) is 0 Å². The van der Waals surface area contributed by atoms with Crippen molar-refractivity contribution >= 4 is 10.0 Å². The number of hydrogen-bond donors (Lipinski definition) is 0. The van der Waals surface area contributed by atoms with E-state index in [0.717, 1.165) is 6.42 Å². The molecule has 0 spiro atoms. The molecule has 0 aliphatic carbocycles. The van der Waals surface area contributed by atoms with Crippen LogP contribution in [0.3, 0.4) is 0 Å². The highest BCUT2D eigenvalue weighted by Crippen LogP contribution is 2.27. The van der Waals surface area contributed by atoms with E-state index in [-0.39, 0.29) is 5.41 Å². The van der Waals surface area contributed by atoms with Gasteiger partial charge in [0.25, 0.3) is 0 Å². The fourth-order valence-electron chi connectivity index (χ4n) is 2.69. The lowest BCUT2D eigenvalue weighted by Gasteiger charge is -2.34. The molecule has 0 N–H and O–H groups in total. The second-order valence-electron chi connectivity index (χ2n) is 7.66. The SMILES string of the molecule is CC(C)(C)c1ccccc1CCN(C(C)(C)C)S(C)(=O)=O. The van der Waals surface area contributed by atoms with Crippen molar-refractivity contribution in [2.75, 3.05) is 12.8 Å². The van der Waals surface area contributed by atoms with Crippen LogP contribution in [0.15, 0.2) is 24.3 Å². The summed E-state index contributed by atoms with van der Waals surface area (Å²) in [5.41, 5.74) is 2.17. The molecule has 0 bridgehead atoms. The van der Waals surface area contributed by atoms with Crippen LogP contribution < -0.4 is 0 Å². The van der Waals surface area contributed by atoms with Gasteiger partial charge in [-0.25, -0.2) is 8.42 Å². The lowest BCUT2D eigenvalue weighted by molar-refractivity contribution is 0.253. The number of sulfonamides is 1. The highest BCUT2D eigenvalue weighted by atomic mass is 32.2. The van der Waals surface area contributed by atoms with Crippen molar-refractivity contribution in [1.82, 2.24) is 4.31 Å². The zero-order chi connectivity index (χ0) is 16.5. The number of rotatable bonds is 4. The summed E-state index contributed by atoms with van der Waals surface area (Å²) in [7, 11) is -3.21. The van der Waals surface area contributed by atoms with Gasteiger partial charge in [-0.2, -0.15) is 4.31 Å². The maximum absolute atomic E-state index is 12.0. The first kappa shape index (κ1) is 18.2. The summed E-state index contributed by atoms with van der Waals surface area (Å²) in [6.45, 7) is 12.9. The van der Waals surface area contributed by atoms with Crippen LogP contribution in [0.5, 0.6) is 0 Å². The third-order valence-electron chi connectivity index (χ3n) is 3.56. The first-order chi connectivity index (χ1) is 9.33. The van der Waals surface area contributed by atoms with E-state index in [2.05, 4.69) is 32.9 Å². The van der Waals surface area contributed by atoms with E-state index >= 15 is 0 Å². The van der Waals surface area contributed by atoms with Crippen molar-refractivity contribution in [2.24, 2.45) is 0 Å². The van der Waals surface area contributed by atoms with Gasteiger partial charge < -0.3 is 0 Å². The summed E-state index contributed by atoms with van der Waals surface area (Å²) in [4.78, 5) is 0. The van der Waals surface area contributed by atoms with E-state index < -0.39 is 15.6 Å². The molecule has 0 saturated heterocycles. The van der Waals surface area contributed by atoms with Crippen molar-refractivity contribution in [3.8, 4) is 0 Å². The smallest absolute Gasteiger partial charge is 0.211 e. The van der Waals surface area contributed by atoms with E-state index in [1.165, 1.54) is 17.4 Å². The Balaban J connectivity index is 3.03. The van der Waals surface area contributed by atoms with Gasteiger partial charge in [0, 0.05) is 12.1 Å². The Hall–Kier alpha value is -0.870. The zero-order valence-corrected chi connectivity index (χ0v) is 15.2. The second-order valence-corrected chi connectivity index (χ2v) is 9.57. The molecule has 0 aliphatic heterocycles. The molecule has 0 atom stereocenters. The predicted octanol–water partition coefficient (Wildman–Crippen LogP) is 3.59. The lowest BCUT2D eigenvalue weighted by Crippen LogP contribution is -2.46. The first-order valence-electron chi connectivity index (χ1n) is 7.39. The summed E-state index contributed by atoms with van der Waals surface area (Å²) in [5, 5.41) is 0. The van der Waals surface area contributed by atoms with Gasteiger partial charge in [0.2, 0.25) is 10.0 Å². The van der Waals surface area contributed by atoms with Gasteiger partial charge in [-0.15, -0.1) is 0 Å². The highest BCUT2D eigenvalue weighted by molar-refractivity contribution is 7.88. The molecule has 0 radical (unpaired) electrons. The quantitative estimate of drug-likeness (QED) is 0.852. The molecule has 21 heavy (non-hydrogen) atoms. The van der Waals surface area contributed by atoms with E-state index in [4.69, 9.17) is 0 Å². The van der Waals surface area contributed by atoms with E-state index in [1.807, 2.05) is 32.9 Å². The molecular formula is C17H29NO2S. The van der Waals surface area contributed by atoms with Crippen molar-refractivity contribution in [3.05, 3.63) is 35.4 Å². The summed E-state index contributed by atoms with van der Waals surface area (Å²) >= 11 is 0. The van der Waals surface area contributed by atoms with Crippen molar-refractivity contribution in [1.29, 1.82) is 0 Å². The summed E-state index contributed by atoms with van der Waals surface area (Å²) in [6.07, 6.45) is 2.02. The molecule has 1 aromatic rings. The van der Waals surface area contributed by atoms with Gasteiger partial charge in [-0.05, 0) is 43.7 Å². The average molecular weight is 311 g/mol. The summed E-state index contributed by atoms with van der Waals surface area (Å²) < 4.78 is 25.6. The third kappa shape index (κ3) is 5.11. The number of nitrogens with zero attached hydrogens (tertiary/aromatic N) is 1. The van der Waals surface area contributed by atoms with Crippen LogP contribution in [0.4, 0.5) is 0 Å². The van der Waals surface area contributed by atoms with Crippen LogP contribution in [-0.4, -0.2) is 31.1 Å². The standard InChI is InChI=1S/C17H29NO2S/c1-16(2,3)15-11-9-8-10-14(15)12-13-18(17(4,5)6)21(7,19)20/h8-11H,12-13H2,1-7H3. The van der Waals surface area contributed by atoms with E-state index in [9.17, 15) is 8.42 Å². The molecule has 0 aliphatic rings. The Bertz CT molecular complexity index is 578. The predicted molar refractivity (Wildman–Crippen MR) is 90.1 cm³/mol. The maximum Gasteiger partial charge on any atom is 0.211 e. The molecule has 0 amide bonds. The number of benzene rings is 1. The van der Waals surface area contributed by atoms with Crippen LogP contribution in [0.25, 0.3) is 0 Å². The van der Waals surface area contributed by atoms with Crippen LogP contribution in [0.2, 0.25) is 0 Å². The van der Waals surface area contributed by atoms with Crippen molar-refractivity contribution < 1.29 is 8.42 Å². The minimum Gasteiger partial charge on any atom is -0.212 e. The van der Waals surface area contributed by atoms with Crippen LogP contribution in [0, 0.1) is 0 Å². The van der Waals surface area contributed by atoms with Gasteiger partial charge in [0.05, 0.1) is 6.26 Å². The average Bonchev–Trinajstić information content (AvgIpc) is 2.24. The summed E-state index contributed by atoms with van der Waals surface area (Å²) in [5.74, 6) is 0. The molecule has 120 valence electrons. The Labute approximate surface area is 130 Å². The molecular weight excluding hydrogens is 282 g/mol. The lowest BCUT2D eigenvalue weighted by atomic mass is 9.83. The van der Waals surface area contributed by atoms with Crippen molar-refractivity contribution in [3.63, 3.8) is 0 Å². The molecule has 4 heteroatoms. The van der Waals surface area contributed by atoms with Gasteiger partial charge in [-0.1, -0.05) is 45.0 Å². The van der Waals surface area contributed by atoms with Gasteiger partial charge in [0.15, 0.2) is 0 Å². The van der Waals surface area contributed by atoms with Gasteiger partial charge in [0.1, 0.15) is 0 Å². The molecule has 3 nitrogen and oxygen atoms in total. The zero-order valence-electron chi connectivity index (χ0n) is 14.4. The Morgan fingerprint density at radius 1 is 1.00 bits per heavy atom. The molecule has 1 aromatic carbocycles. The Morgan fingerprint density at radius 3 is 1.95 bits per heavy atom. The highest BCUT2D eigenvalue weighted by Gasteiger charge is 2.29. The van der Waals surface area contributed by atoms with Crippen LogP contribution in [0.1, 0.15) is 52.7 Å². The van der Waals surface area contributed by atoms with E-state index in [1.54, 1.807) is 4.31 Å².